The first-order valence-corrected chi connectivity index (χ1v) is 6.75. The molecule has 2 aromatic rings. The van der Waals surface area contributed by atoms with Gasteiger partial charge in [-0.2, -0.15) is 0 Å². The molecule has 0 unspecified atom stereocenters. The summed E-state index contributed by atoms with van der Waals surface area (Å²) >= 11 is 0. The summed E-state index contributed by atoms with van der Waals surface area (Å²) in [6.07, 6.45) is 0. The van der Waals surface area contributed by atoms with Crippen LogP contribution in [0.2, 0.25) is 0 Å². The van der Waals surface area contributed by atoms with E-state index < -0.39 is 11.6 Å². The Labute approximate surface area is 118 Å². The van der Waals surface area contributed by atoms with Gasteiger partial charge in [0.15, 0.2) is 11.6 Å². The van der Waals surface area contributed by atoms with Crippen molar-refractivity contribution in [3.05, 3.63) is 59.2 Å². The van der Waals surface area contributed by atoms with Gasteiger partial charge in [0.05, 0.1) is 0 Å². The van der Waals surface area contributed by atoms with Gasteiger partial charge in [0.2, 0.25) is 0 Å². The molecule has 1 nitrogen and oxygen atoms in total. The first-order chi connectivity index (χ1) is 9.47. The molecule has 2 rings (SSSR count). The summed E-state index contributed by atoms with van der Waals surface area (Å²) in [5, 5.41) is 3.35. The molecule has 0 saturated heterocycles. The van der Waals surface area contributed by atoms with Gasteiger partial charge in [-0.05, 0) is 47.4 Å². The summed E-state index contributed by atoms with van der Waals surface area (Å²) in [6, 6.07) is 10.5. The molecule has 0 aliphatic rings. The zero-order valence-corrected chi connectivity index (χ0v) is 12.0. The summed E-state index contributed by atoms with van der Waals surface area (Å²) < 4.78 is 26.4. The molecule has 0 fully saturated rings. The van der Waals surface area contributed by atoms with E-state index in [1.807, 2.05) is 25.1 Å². The lowest BCUT2D eigenvalue weighted by atomic mass is 9.98. The van der Waals surface area contributed by atoms with Crippen LogP contribution in [0.4, 0.5) is 8.78 Å². The van der Waals surface area contributed by atoms with Crippen LogP contribution in [-0.2, 0) is 6.54 Å². The third kappa shape index (κ3) is 3.42. The van der Waals surface area contributed by atoms with E-state index in [9.17, 15) is 8.78 Å². The number of halogens is 2. The molecule has 0 radical (unpaired) electrons. The second-order valence-corrected chi connectivity index (χ2v) is 5.31. The van der Waals surface area contributed by atoms with Crippen LogP contribution in [-0.4, -0.2) is 6.04 Å². The summed E-state index contributed by atoms with van der Waals surface area (Å²) in [5.41, 5.74) is 3.81. The van der Waals surface area contributed by atoms with E-state index in [0.29, 0.717) is 11.6 Å². The minimum Gasteiger partial charge on any atom is -0.310 e. The molecule has 0 amide bonds. The lowest BCUT2D eigenvalue weighted by Gasteiger charge is -2.12. The molecule has 0 heterocycles. The van der Waals surface area contributed by atoms with Crippen LogP contribution in [0.5, 0.6) is 0 Å². The molecule has 0 aliphatic carbocycles. The van der Waals surface area contributed by atoms with Gasteiger partial charge in [-0.3, -0.25) is 0 Å². The van der Waals surface area contributed by atoms with Crippen LogP contribution >= 0.6 is 0 Å². The Morgan fingerprint density at radius 2 is 1.75 bits per heavy atom. The van der Waals surface area contributed by atoms with Crippen LogP contribution in [0.25, 0.3) is 11.1 Å². The number of rotatable bonds is 4. The highest BCUT2D eigenvalue weighted by Gasteiger charge is 2.08. The average Bonchev–Trinajstić information content (AvgIpc) is 2.41. The molecule has 0 spiro atoms. The predicted molar refractivity (Wildman–Crippen MR) is 78.5 cm³/mol. The van der Waals surface area contributed by atoms with Crippen molar-refractivity contribution < 1.29 is 8.78 Å². The highest BCUT2D eigenvalue weighted by Crippen LogP contribution is 2.26. The van der Waals surface area contributed by atoms with Crippen molar-refractivity contribution in [3.63, 3.8) is 0 Å². The third-order valence-corrected chi connectivity index (χ3v) is 3.25. The second-order valence-electron chi connectivity index (χ2n) is 5.31. The molecule has 106 valence electrons. The fraction of sp³-hybridized carbons (Fsp3) is 0.294. The SMILES string of the molecule is Cc1ccc(CNC(C)C)cc1-c1ccc(F)c(F)c1. The van der Waals surface area contributed by atoms with Gasteiger partial charge < -0.3 is 5.32 Å². The van der Waals surface area contributed by atoms with Gasteiger partial charge in [-0.15, -0.1) is 0 Å². The van der Waals surface area contributed by atoms with Crippen molar-refractivity contribution in [1.29, 1.82) is 0 Å². The molecule has 0 atom stereocenters. The van der Waals surface area contributed by atoms with Crippen LogP contribution in [0, 0.1) is 18.6 Å². The fourth-order valence-electron chi connectivity index (χ4n) is 2.08. The Bertz CT molecular complexity index is 606. The van der Waals surface area contributed by atoms with Crippen LogP contribution in [0.3, 0.4) is 0 Å². The van der Waals surface area contributed by atoms with Gasteiger partial charge in [0.1, 0.15) is 0 Å². The van der Waals surface area contributed by atoms with Crippen LogP contribution < -0.4 is 5.32 Å². The molecule has 2 aromatic carbocycles. The lowest BCUT2D eigenvalue weighted by Crippen LogP contribution is -2.21. The quantitative estimate of drug-likeness (QED) is 0.870. The van der Waals surface area contributed by atoms with E-state index >= 15 is 0 Å². The maximum atomic E-state index is 13.4. The van der Waals surface area contributed by atoms with Crippen molar-refractivity contribution in [1.82, 2.24) is 5.32 Å². The van der Waals surface area contributed by atoms with E-state index in [4.69, 9.17) is 0 Å². The van der Waals surface area contributed by atoms with Crippen molar-refractivity contribution in [2.45, 2.75) is 33.4 Å². The molecule has 0 saturated carbocycles. The van der Waals surface area contributed by atoms with Gasteiger partial charge in [-0.1, -0.05) is 32.0 Å². The molecule has 3 heteroatoms. The molecule has 20 heavy (non-hydrogen) atoms. The highest BCUT2D eigenvalue weighted by molar-refractivity contribution is 5.68. The Morgan fingerprint density at radius 1 is 1.00 bits per heavy atom. The average molecular weight is 275 g/mol. The molecule has 0 aromatic heterocycles. The van der Waals surface area contributed by atoms with Gasteiger partial charge >= 0.3 is 0 Å². The molecular formula is C17H19F2N. The third-order valence-electron chi connectivity index (χ3n) is 3.25. The van der Waals surface area contributed by atoms with Gasteiger partial charge in [0.25, 0.3) is 0 Å². The maximum Gasteiger partial charge on any atom is 0.159 e. The number of nitrogens with one attached hydrogen (secondary N) is 1. The minimum atomic E-state index is -0.816. The van der Waals surface area contributed by atoms with Crippen molar-refractivity contribution >= 4 is 0 Å². The van der Waals surface area contributed by atoms with E-state index in [1.54, 1.807) is 6.07 Å². The second kappa shape index (κ2) is 6.14. The monoisotopic (exact) mass is 275 g/mol. The first-order valence-electron chi connectivity index (χ1n) is 6.75. The lowest BCUT2D eigenvalue weighted by molar-refractivity contribution is 0.509. The topological polar surface area (TPSA) is 12.0 Å². The van der Waals surface area contributed by atoms with Crippen LogP contribution in [0.15, 0.2) is 36.4 Å². The van der Waals surface area contributed by atoms with Gasteiger partial charge in [-0.25, -0.2) is 8.78 Å². The number of hydrogen-bond acceptors (Lipinski definition) is 1. The van der Waals surface area contributed by atoms with E-state index in [0.717, 1.165) is 23.2 Å². The summed E-state index contributed by atoms with van der Waals surface area (Å²) in [4.78, 5) is 0. The molecular weight excluding hydrogens is 256 g/mol. The smallest absolute Gasteiger partial charge is 0.159 e. The predicted octanol–water partition coefficient (Wildman–Crippen LogP) is 4.44. The first kappa shape index (κ1) is 14.7. The van der Waals surface area contributed by atoms with Gasteiger partial charge in [0, 0.05) is 12.6 Å². The fourth-order valence-corrected chi connectivity index (χ4v) is 2.08. The van der Waals surface area contributed by atoms with Crippen LogP contribution in [0.1, 0.15) is 25.0 Å². The zero-order chi connectivity index (χ0) is 14.7. The van der Waals surface area contributed by atoms with Crippen molar-refractivity contribution in [3.8, 4) is 11.1 Å². The van der Waals surface area contributed by atoms with E-state index in [2.05, 4.69) is 19.2 Å². The number of hydrogen-bond donors (Lipinski definition) is 1. The minimum absolute atomic E-state index is 0.406. The van der Waals surface area contributed by atoms with Crippen molar-refractivity contribution in [2.24, 2.45) is 0 Å². The Hall–Kier alpha value is -1.74. The summed E-state index contributed by atoms with van der Waals surface area (Å²) in [7, 11) is 0. The zero-order valence-electron chi connectivity index (χ0n) is 12.0. The Balaban J connectivity index is 2.34. The van der Waals surface area contributed by atoms with E-state index in [-0.39, 0.29) is 0 Å². The molecule has 0 bridgehead atoms. The van der Waals surface area contributed by atoms with Crippen molar-refractivity contribution in [2.75, 3.05) is 0 Å². The largest absolute Gasteiger partial charge is 0.310 e. The Kier molecular flexibility index (Phi) is 4.50. The Morgan fingerprint density at radius 3 is 2.40 bits per heavy atom. The highest BCUT2D eigenvalue weighted by atomic mass is 19.2. The maximum absolute atomic E-state index is 13.4. The number of benzene rings is 2. The number of aryl methyl sites for hydroxylation is 1. The van der Waals surface area contributed by atoms with E-state index in [1.165, 1.54) is 12.1 Å². The molecule has 0 aliphatic heterocycles. The summed E-state index contributed by atoms with van der Waals surface area (Å²) in [5.74, 6) is -1.63. The summed E-state index contributed by atoms with van der Waals surface area (Å²) in [6.45, 7) is 6.90. The normalized spacial score (nSPS) is 11.1. The molecule has 1 N–H and O–H groups in total. The standard InChI is InChI=1S/C17H19F2N/c1-11(2)20-10-13-5-4-12(3)15(8-13)14-6-7-16(18)17(19)9-14/h4-9,11,20H,10H2,1-3H3.